The van der Waals surface area contributed by atoms with Crippen LogP contribution in [0.4, 0.5) is 24.7 Å². The minimum atomic E-state index is -4.23. The van der Waals surface area contributed by atoms with Crippen molar-refractivity contribution in [1.29, 1.82) is 0 Å². The van der Waals surface area contributed by atoms with E-state index in [0.717, 1.165) is 6.20 Å². The molecular weight excluding hydrogens is 263 g/mol. The Morgan fingerprint density at radius 1 is 1.53 bits per heavy atom. The summed E-state index contributed by atoms with van der Waals surface area (Å²) in [5, 5.41) is 8.76. The average Bonchev–Trinajstić information content (AvgIpc) is 2.77. The first-order chi connectivity index (χ1) is 8.79. The van der Waals surface area contributed by atoms with E-state index in [-0.39, 0.29) is 36.6 Å². The number of aromatic carboxylic acids is 1. The second-order valence-electron chi connectivity index (χ2n) is 4.42. The van der Waals surface area contributed by atoms with Gasteiger partial charge >= 0.3 is 12.1 Å². The number of nitrogens with zero attached hydrogens (tertiary/aromatic N) is 2. The van der Waals surface area contributed by atoms with Gasteiger partial charge in [0.25, 0.3) is 0 Å². The standard InChI is InChI=1S/C11H12F3N3O2/c12-11(13,14)7-1-2-17(5-7)9-8(15)3-6(4-16-9)10(18)19/h3-4,7H,1-2,5,15H2,(H,18,19). The zero-order valence-corrected chi connectivity index (χ0v) is 9.81. The molecule has 19 heavy (non-hydrogen) atoms. The van der Waals surface area contributed by atoms with Gasteiger partial charge in [-0.05, 0) is 12.5 Å². The molecule has 0 saturated carbocycles. The van der Waals surface area contributed by atoms with Gasteiger partial charge in [0.05, 0.1) is 17.2 Å². The fraction of sp³-hybridized carbons (Fsp3) is 0.455. The van der Waals surface area contributed by atoms with Gasteiger partial charge < -0.3 is 15.7 Å². The monoisotopic (exact) mass is 275 g/mol. The smallest absolute Gasteiger partial charge is 0.393 e. The van der Waals surface area contributed by atoms with Crippen molar-refractivity contribution in [2.45, 2.75) is 12.6 Å². The minimum Gasteiger partial charge on any atom is -0.478 e. The Balaban J connectivity index is 2.18. The summed E-state index contributed by atoms with van der Waals surface area (Å²) in [6.07, 6.45) is -3.15. The highest BCUT2D eigenvalue weighted by molar-refractivity contribution is 5.89. The Labute approximate surface area is 106 Å². The molecule has 0 aromatic carbocycles. The highest BCUT2D eigenvalue weighted by Crippen LogP contribution is 2.36. The molecule has 0 spiro atoms. The van der Waals surface area contributed by atoms with Crippen molar-refractivity contribution in [3.63, 3.8) is 0 Å². The lowest BCUT2D eigenvalue weighted by Crippen LogP contribution is -2.28. The zero-order valence-electron chi connectivity index (χ0n) is 9.81. The van der Waals surface area contributed by atoms with Crippen molar-refractivity contribution in [3.05, 3.63) is 17.8 Å². The molecule has 1 aliphatic heterocycles. The Morgan fingerprint density at radius 3 is 2.68 bits per heavy atom. The number of anilines is 2. The molecule has 0 radical (unpaired) electrons. The summed E-state index contributed by atoms with van der Waals surface area (Å²) in [6.45, 7) is 0.000906. The quantitative estimate of drug-likeness (QED) is 0.859. The lowest BCUT2D eigenvalue weighted by Gasteiger charge is -2.20. The molecule has 5 nitrogen and oxygen atoms in total. The molecule has 1 unspecified atom stereocenters. The molecule has 0 amide bonds. The predicted molar refractivity (Wildman–Crippen MR) is 62.0 cm³/mol. The topological polar surface area (TPSA) is 79.5 Å². The van der Waals surface area contributed by atoms with E-state index < -0.39 is 18.1 Å². The molecule has 3 N–H and O–H groups in total. The maximum Gasteiger partial charge on any atom is 0.393 e. The Kier molecular flexibility index (Phi) is 3.25. The van der Waals surface area contributed by atoms with E-state index >= 15 is 0 Å². The number of hydrogen-bond donors (Lipinski definition) is 2. The Hall–Kier alpha value is -1.99. The second-order valence-corrected chi connectivity index (χ2v) is 4.42. The molecule has 1 aliphatic rings. The number of carboxylic acid groups (broad SMARTS) is 1. The van der Waals surface area contributed by atoms with E-state index in [1.165, 1.54) is 11.0 Å². The summed E-state index contributed by atoms with van der Waals surface area (Å²) in [5.41, 5.74) is 5.63. The summed E-state index contributed by atoms with van der Waals surface area (Å²) in [5.74, 6) is -2.37. The van der Waals surface area contributed by atoms with Crippen LogP contribution < -0.4 is 10.6 Å². The Bertz CT molecular complexity index is 504. The molecule has 8 heteroatoms. The van der Waals surface area contributed by atoms with Crippen LogP contribution in [-0.4, -0.2) is 35.3 Å². The number of aromatic nitrogens is 1. The first kappa shape index (κ1) is 13.4. The summed E-state index contributed by atoms with van der Waals surface area (Å²) < 4.78 is 37.7. The molecule has 1 aromatic heterocycles. The predicted octanol–water partition coefficient (Wildman–Crippen LogP) is 1.75. The van der Waals surface area contributed by atoms with Crippen molar-refractivity contribution in [1.82, 2.24) is 4.98 Å². The molecule has 104 valence electrons. The second kappa shape index (κ2) is 4.60. The third kappa shape index (κ3) is 2.72. The minimum absolute atomic E-state index is 0.00863. The fourth-order valence-electron chi connectivity index (χ4n) is 2.08. The summed E-state index contributed by atoms with van der Waals surface area (Å²) >= 11 is 0. The highest BCUT2D eigenvalue weighted by Gasteiger charge is 2.44. The third-order valence-corrected chi connectivity index (χ3v) is 3.09. The number of alkyl halides is 3. The summed E-state index contributed by atoms with van der Waals surface area (Å²) in [6, 6.07) is 1.20. The van der Waals surface area contributed by atoms with Crippen molar-refractivity contribution in [2.24, 2.45) is 5.92 Å². The number of hydrogen-bond acceptors (Lipinski definition) is 4. The number of carbonyl (C=O) groups is 1. The summed E-state index contributed by atoms with van der Waals surface area (Å²) in [4.78, 5) is 16.0. The van der Waals surface area contributed by atoms with E-state index in [2.05, 4.69) is 4.98 Å². The van der Waals surface area contributed by atoms with Gasteiger partial charge in [0.15, 0.2) is 5.82 Å². The largest absolute Gasteiger partial charge is 0.478 e. The Morgan fingerprint density at radius 2 is 2.21 bits per heavy atom. The lowest BCUT2D eigenvalue weighted by atomic mass is 10.1. The van der Waals surface area contributed by atoms with Crippen LogP contribution in [0.1, 0.15) is 16.8 Å². The molecule has 2 rings (SSSR count). The first-order valence-electron chi connectivity index (χ1n) is 5.59. The summed E-state index contributed by atoms with van der Waals surface area (Å²) in [7, 11) is 0. The molecular formula is C11H12F3N3O2. The van der Waals surface area contributed by atoms with Crippen molar-refractivity contribution < 1.29 is 23.1 Å². The molecule has 1 fully saturated rings. The van der Waals surface area contributed by atoms with Gasteiger partial charge in [0.1, 0.15) is 0 Å². The maximum absolute atomic E-state index is 12.6. The highest BCUT2D eigenvalue weighted by atomic mass is 19.4. The average molecular weight is 275 g/mol. The van der Waals surface area contributed by atoms with Crippen LogP contribution in [0.5, 0.6) is 0 Å². The van der Waals surface area contributed by atoms with Crippen LogP contribution in [0.3, 0.4) is 0 Å². The maximum atomic E-state index is 12.6. The van der Waals surface area contributed by atoms with Crippen LogP contribution in [0.25, 0.3) is 0 Å². The van der Waals surface area contributed by atoms with Crippen LogP contribution in [0, 0.1) is 5.92 Å². The SMILES string of the molecule is Nc1cc(C(=O)O)cnc1N1CCC(C(F)(F)F)C1. The van der Waals surface area contributed by atoms with Gasteiger partial charge in [-0.2, -0.15) is 13.2 Å². The van der Waals surface area contributed by atoms with Gasteiger partial charge in [-0.1, -0.05) is 0 Å². The zero-order chi connectivity index (χ0) is 14.2. The van der Waals surface area contributed by atoms with Gasteiger partial charge in [0, 0.05) is 19.3 Å². The van der Waals surface area contributed by atoms with E-state index in [0.29, 0.717) is 0 Å². The van der Waals surface area contributed by atoms with Gasteiger partial charge in [-0.3, -0.25) is 0 Å². The third-order valence-electron chi connectivity index (χ3n) is 3.09. The molecule has 0 aliphatic carbocycles. The van der Waals surface area contributed by atoms with E-state index in [1.54, 1.807) is 0 Å². The van der Waals surface area contributed by atoms with Crippen molar-refractivity contribution in [3.8, 4) is 0 Å². The molecule has 1 saturated heterocycles. The number of nitrogen functional groups attached to an aromatic ring is 1. The van der Waals surface area contributed by atoms with Crippen LogP contribution in [0.15, 0.2) is 12.3 Å². The first-order valence-corrected chi connectivity index (χ1v) is 5.59. The van der Waals surface area contributed by atoms with E-state index in [9.17, 15) is 18.0 Å². The van der Waals surface area contributed by atoms with Gasteiger partial charge in [-0.25, -0.2) is 9.78 Å². The van der Waals surface area contributed by atoms with E-state index in [4.69, 9.17) is 10.8 Å². The lowest BCUT2D eigenvalue weighted by molar-refractivity contribution is -0.168. The number of nitrogens with two attached hydrogens (primary N) is 1. The number of carboxylic acids is 1. The van der Waals surface area contributed by atoms with E-state index in [1.807, 2.05) is 0 Å². The van der Waals surface area contributed by atoms with Gasteiger partial charge in [-0.15, -0.1) is 0 Å². The van der Waals surface area contributed by atoms with Crippen LogP contribution >= 0.6 is 0 Å². The van der Waals surface area contributed by atoms with Gasteiger partial charge in [0.2, 0.25) is 0 Å². The normalized spacial score (nSPS) is 19.7. The molecule has 2 heterocycles. The van der Waals surface area contributed by atoms with Crippen molar-refractivity contribution >= 4 is 17.5 Å². The molecule has 0 bridgehead atoms. The number of halogens is 3. The molecule has 1 aromatic rings. The van der Waals surface area contributed by atoms with Crippen LogP contribution in [0.2, 0.25) is 0 Å². The van der Waals surface area contributed by atoms with Crippen molar-refractivity contribution in [2.75, 3.05) is 23.7 Å². The molecule has 1 atom stereocenters. The number of pyridine rings is 1. The van der Waals surface area contributed by atoms with Crippen LogP contribution in [-0.2, 0) is 0 Å². The number of rotatable bonds is 2. The fourth-order valence-corrected chi connectivity index (χ4v) is 2.08.